The molecule has 1 amide bonds. The van der Waals surface area contributed by atoms with Crippen molar-refractivity contribution >= 4 is 30.6 Å². The van der Waals surface area contributed by atoms with Crippen molar-refractivity contribution in [2.75, 3.05) is 16.6 Å². The number of ether oxygens (including phenoxy) is 1. The van der Waals surface area contributed by atoms with E-state index in [1.165, 1.54) is 12.3 Å². The van der Waals surface area contributed by atoms with Crippen LogP contribution in [0.4, 0.5) is 20.3 Å². The van der Waals surface area contributed by atoms with Crippen LogP contribution in [0.2, 0.25) is 0 Å². The molecule has 312 valence electrons. The van der Waals surface area contributed by atoms with Crippen LogP contribution in [0.5, 0.6) is 0 Å². The molecule has 2 aromatic rings. The Bertz CT molecular complexity index is 1830. The summed E-state index contributed by atoms with van der Waals surface area (Å²) in [5.74, 6) is -3.74. The summed E-state index contributed by atoms with van der Waals surface area (Å²) >= 11 is 0. The van der Waals surface area contributed by atoms with Crippen LogP contribution < -0.4 is 10.2 Å². The van der Waals surface area contributed by atoms with E-state index in [4.69, 9.17) is 4.74 Å². The number of aromatic nitrogens is 2. The summed E-state index contributed by atoms with van der Waals surface area (Å²) in [6.45, 7) is 38.8. The van der Waals surface area contributed by atoms with Gasteiger partial charge in [-0.2, -0.15) is 0 Å². The van der Waals surface area contributed by atoms with Crippen molar-refractivity contribution in [3.63, 3.8) is 0 Å². The van der Waals surface area contributed by atoms with Crippen molar-refractivity contribution in [3.8, 4) is 0 Å². The van der Waals surface area contributed by atoms with Crippen LogP contribution in [0, 0.1) is 17.6 Å². The van der Waals surface area contributed by atoms with E-state index in [2.05, 4.69) is 48.4 Å². The predicted molar refractivity (Wildman–Crippen MR) is 248 cm³/mol. The predicted octanol–water partition coefficient (Wildman–Crippen LogP) is 14.4. The molecule has 0 radical (unpaired) electrons. The number of hydrogen-bond acceptors (Lipinski definition) is 6. The molecule has 1 N–H and O–H groups in total. The van der Waals surface area contributed by atoms with Gasteiger partial charge in [0.05, 0.1) is 11.3 Å². The largest absolute Gasteiger partial charge is 0.425 e. The first kappa shape index (κ1) is 54.3. The number of nitrogens with zero attached hydrogens (tertiary/aromatic N) is 3. The minimum atomic E-state index is -2.87. The third-order valence-corrected chi connectivity index (χ3v) is 11.6. The lowest BCUT2D eigenvalue weighted by atomic mass is 10.1. The van der Waals surface area contributed by atoms with Gasteiger partial charge >= 0.3 is 5.97 Å². The Morgan fingerprint density at radius 3 is 1.74 bits per heavy atom. The second-order valence-corrected chi connectivity index (χ2v) is 14.6. The molecule has 7 nitrogen and oxygen atoms in total. The Morgan fingerprint density at radius 1 is 0.793 bits per heavy atom. The van der Waals surface area contributed by atoms with Crippen LogP contribution in [-0.4, -0.2) is 28.4 Å². The highest BCUT2D eigenvalue weighted by atomic mass is 31.2. The number of benzene rings is 1. The highest BCUT2D eigenvalue weighted by Crippen LogP contribution is 2.78. The van der Waals surface area contributed by atoms with Gasteiger partial charge < -0.3 is 15.0 Å². The van der Waals surface area contributed by atoms with Gasteiger partial charge in [0.2, 0.25) is 6.35 Å². The molecule has 10 heteroatoms. The van der Waals surface area contributed by atoms with Crippen molar-refractivity contribution in [2.45, 2.75) is 69.2 Å². The maximum absolute atomic E-state index is 14.7. The van der Waals surface area contributed by atoms with Gasteiger partial charge in [-0.25, -0.2) is 13.6 Å². The molecule has 0 aliphatic rings. The van der Waals surface area contributed by atoms with Gasteiger partial charge in [0.15, 0.2) is 23.1 Å². The zero-order chi connectivity index (χ0) is 44.7. The Labute approximate surface area is 348 Å². The lowest BCUT2D eigenvalue weighted by molar-refractivity contribution is 0.0574. The van der Waals surface area contributed by atoms with Crippen LogP contribution >= 0.6 is 7.26 Å². The summed E-state index contributed by atoms with van der Waals surface area (Å²) in [5.41, 5.74) is -0.864. The summed E-state index contributed by atoms with van der Waals surface area (Å²) < 4.78 is 35.3. The summed E-state index contributed by atoms with van der Waals surface area (Å²) in [6.07, 6.45) is 28.1. The first-order valence-corrected chi connectivity index (χ1v) is 21.3. The lowest BCUT2D eigenvalue weighted by Crippen LogP contribution is -2.20. The number of carbonyl (C=O) groups is 2. The van der Waals surface area contributed by atoms with Crippen LogP contribution in [0.25, 0.3) is 0 Å². The van der Waals surface area contributed by atoms with E-state index in [9.17, 15) is 18.4 Å². The van der Waals surface area contributed by atoms with Gasteiger partial charge in [-0.3, -0.25) is 4.79 Å². The normalized spacial score (nSPS) is 12.7. The smallest absolute Gasteiger partial charge is 0.343 e. The van der Waals surface area contributed by atoms with Crippen LogP contribution in [-0.2, 0) is 4.74 Å². The molecular weight excluding hydrogens is 750 g/mol. The zero-order valence-corrected chi connectivity index (χ0v) is 37.0. The van der Waals surface area contributed by atoms with E-state index < -0.39 is 36.3 Å². The van der Waals surface area contributed by atoms with E-state index in [-0.39, 0.29) is 23.6 Å². The monoisotopic (exact) mass is 813 g/mol. The van der Waals surface area contributed by atoms with E-state index in [0.29, 0.717) is 18.0 Å². The van der Waals surface area contributed by atoms with E-state index in [1.54, 1.807) is 59.7 Å². The van der Waals surface area contributed by atoms with Gasteiger partial charge in [-0.1, -0.05) is 137 Å². The first-order chi connectivity index (χ1) is 28.0. The van der Waals surface area contributed by atoms with Crippen LogP contribution in [0.1, 0.15) is 90.1 Å². The van der Waals surface area contributed by atoms with Gasteiger partial charge in [0.1, 0.15) is 23.2 Å². The minimum absolute atomic E-state index is 0.138. The third-order valence-electron chi connectivity index (χ3n) is 7.31. The number of nitrogens with one attached hydrogen (secondary N) is 1. The molecule has 0 spiro atoms. The van der Waals surface area contributed by atoms with Gasteiger partial charge in [0, 0.05) is 18.5 Å². The Hall–Kier alpha value is -5.79. The molecule has 0 unspecified atom stereocenters. The zero-order valence-electron chi connectivity index (χ0n) is 36.1. The van der Waals surface area contributed by atoms with Crippen molar-refractivity contribution in [3.05, 3.63) is 193 Å². The molecule has 58 heavy (non-hydrogen) atoms. The number of rotatable bonds is 19. The van der Waals surface area contributed by atoms with E-state index in [0.717, 1.165) is 15.9 Å². The molecule has 0 saturated heterocycles. The maximum atomic E-state index is 14.7. The molecule has 1 aromatic carbocycles. The van der Waals surface area contributed by atoms with Crippen LogP contribution in [0.15, 0.2) is 171 Å². The standard InChI is InChI=1S/C42H45F2N4O3P.3C2H6/c1-10-17-21-32(14-5)52(33(15-6)22-18-11-2,34(20-13-4)23-19-12-3)30-51-42(50)35-28-36(43)37(44)29-39(35)45-41(49)38-24-25-40(47-46-38)48(16-7)27-26-31(8)9;3*1-2/h10-29,31H,1-4,7,30H2,5-6,8-9H3;3*1-2H3/p+1/b21-17-,22-18-,23-19-,27-26-,32-14+,33-15+,34-20+;;;. The fraction of sp³-hybridized carbons (Fsp3) is 0.250. The van der Waals surface area contributed by atoms with Crippen molar-refractivity contribution in [2.24, 2.45) is 5.92 Å². The number of halogens is 2. The van der Waals surface area contributed by atoms with Crippen molar-refractivity contribution in [1.29, 1.82) is 0 Å². The molecule has 0 fully saturated rings. The molecule has 0 saturated carbocycles. The first-order valence-electron chi connectivity index (χ1n) is 19.3. The number of esters is 1. The Morgan fingerprint density at radius 2 is 1.31 bits per heavy atom. The van der Waals surface area contributed by atoms with Crippen LogP contribution in [0.3, 0.4) is 0 Å². The fourth-order valence-corrected chi connectivity index (χ4v) is 8.72. The Balaban J connectivity index is 0. The highest BCUT2D eigenvalue weighted by Gasteiger charge is 2.49. The molecule has 0 aliphatic carbocycles. The minimum Gasteiger partial charge on any atom is -0.425 e. The molecule has 2 rings (SSSR count). The number of hydrogen-bond donors (Lipinski definition) is 1. The van der Waals surface area contributed by atoms with Crippen molar-refractivity contribution < 1.29 is 23.1 Å². The third kappa shape index (κ3) is 16.4. The topological polar surface area (TPSA) is 84.4 Å². The molecule has 0 bridgehead atoms. The maximum Gasteiger partial charge on any atom is 0.343 e. The Kier molecular flexibility index (Phi) is 29.3. The lowest BCUT2D eigenvalue weighted by Gasteiger charge is -2.29. The SMILES string of the molecule is C=C/C=C\C(=C/C)[P+](COC(=O)c1cc(F)c(F)cc1NC(=O)c1ccc(N(C=C)/C=C\C(C)C)nn1)(C(/C=C\C=C)=C/C)C(/C=C\C=C)=C/C=C.CC.CC.CC. The molecule has 0 aliphatic heterocycles. The molecule has 1 heterocycles. The number of amides is 1. The second-order valence-electron chi connectivity index (χ2n) is 11.1. The molecular formula is C48H64F2N4O3P+. The van der Waals surface area contributed by atoms with Gasteiger partial charge in [-0.05, 0) is 74.4 Å². The summed E-state index contributed by atoms with van der Waals surface area (Å²) in [7, 11) is -2.87. The molecule has 1 aromatic heterocycles. The fourth-order valence-electron chi connectivity index (χ4n) is 4.81. The molecule has 0 atom stereocenters. The number of allylic oxidation sites excluding steroid dienone is 17. The van der Waals surface area contributed by atoms with Crippen molar-refractivity contribution in [1.82, 2.24) is 10.2 Å². The second kappa shape index (κ2) is 31.3. The summed E-state index contributed by atoms with van der Waals surface area (Å²) in [6, 6.07) is 4.36. The summed E-state index contributed by atoms with van der Waals surface area (Å²) in [5, 5.41) is 13.0. The number of carbonyl (C=O) groups excluding carboxylic acids is 2. The van der Waals surface area contributed by atoms with E-state index >= 15 is 0 Å². The quantitative estimate of drug-likeness (QED) is 0.0864. The summed E-state index contributed by atoms with van der Waals surface area (Å²) in [4.78, 5) is 28.8. The van der Waals surface area contributed by atoms with Gasteiger partial charge in [-0.15, -0.1) is 10.2 Å². The highest BCUT2D eigenvalue weighted by molar-refractivity contribution is 7.87. The average molecular weight is 814 g/mol. The number of anilines is 2. The van der Waals surface area contributed by atoms with E-state index in [1.807, 2.05) is 112 Å². The average Bonchev–Trinajstić information content (AvgIpc) is 3.25. The van der Waals surface area contributed by atoms with Gasteiger partial charge in [0.25, 0.3) is 5.91 Å².